The van der Waals surface area contributed by atoms with E-state index in [1.165, 1.54) is 0 Å². The molecule has 1 aliphatic rings. The lowest BCUT2D eigenvalue weighted by Gasteiger charge is -2.24. The molecule has 0 saturated heterocycles. The Morgan fingerprint density at radius 3 is 2.12 bits per heavy atom. The molecule has 0 fully saturated rings. The molecule has 17 heavy (non-hydrogen) atoms. The van der Waals surface area contributed by atoms with Crippen LogP contribution in [0.25, 0.3) is 0 Å². The van der Waals surface area contributed by atoms with Crippen LogP contribution in [0.5, 0.6) is 0 Å². The first kappa shape index (κ1) is 13.4. The number of hydrogen-bond donors (Lipinski definition) is 0. The molecule has 0 saturated carbocycles. The van der Waals surface area contributed by atoms with Crippen LogP contribution < -0.4 is 0 Å². The topological polar surface area (TPSA) is 86.3 Å². The van der Waals surface area contributed by atoms with E-state index in [-0.39, 0.29) is 0 Å². The van der Waals surface area contributed by atoms with Gasteiger partial charge in [-0.05, 0) is 6.92 Å². The zero-order valence-electron chi connectivity index (χ0n) is 8.12. The molecule has 94 valence electrons. The van der Waals surface area contributed by atoms with E-state index >= 15 is 0 Å². The summed E-state index contributed by atoms with van der Waals surface area (Å²) in [6, 6.07) is 0. The second-order valence-corrected chi connectivity index (χ2v) is 3.75. The SMILES string of the molecule is CC1(F)C(F)=C([N+](=O)[O-])C(F)=C([N+](=O)[O-])C1Cl. The van der Waals surface area contributed by atoms with Crippen molar-refractivity contribution in [3.63, 3.8) is 0 Å². The van der Waals surface area contributed by atoms with Gasteiger partial charge >= 0.3 is 11.4 Å². The zero-order valence-corrected chi connectivity index (χ0v) is 8.87. The predicted molar refractivity (Wildman–Crippen MR) is 49.4 cm³/mol. The molecule has 0 radical (unpaired) electrons. The average molecular weight is 273 g/mol. The van der Waals surface area contributed by atoms with Crippen molar-refractivity contribution in [2.45, 2.75) is 18.0 Å². The highest BCUT2D eigenvalue weighted by Gasteiger charge is 2.57. The third-order valence-corrected chi connectivity index (χ3v) is 2.78. The number of halogens is 4. The summed E-state index contributed by atoms with van der Waals surface area (Å²) in [6.07, 6.45) is 0. The molecule has 2 unspecified atom stereocenters. The van der Waals surface area contributed by atoms with E-state index in [1.807, 2.05) is 0 Å². The minimum atomic E-state index is -3.22. The Balaban J connectivity index is 3.61. The third kappa shape index (κ3) is 1.86. The summed E-state index contributed by atoms with van der Waals surface area (Å²) in [6.45, 7) is 0.458. The van der Waals surface area contributed by atoms with Gasteiger partial charge < -0.3 is 0 Å². The Labute approximate surface area is 96.6 Å². The van der Waals surface area contributed by atoms with Crippen LogP contribution in [-0.2, 0) is 0 Å². The summed E-state index contributed by atoms with van der Waals surface area (Å²) in [5.41, 5.74) is -6.69. The van der Waals surface area contributed by atoms with Gasteiger partial charge in [0.15, 0.2) is 11.0 Å². The van der Waals surface area contributed by atoms with Crippen LogP contribution in [0, 0.1) is 20.2 Å². The molecule has 0 aromatic heterocycles. The summed E-state index contributed by atoms with van der Waals surface area (Å²) in [5.74, 6) is -4.15. The second-order valence-electron chi connectivity index (χ2n) is 3.31. The van der Waals surface area contributed by atoms with Gasteiger partial charge in [-0.1, -0.05) is 0 Å². The van der Waals surface area contributed by atoms with E-state index in [1.54, 1.807) is 0 Å². The fourth-order valence-electron chi connectivity index (χ4n) is 1.26. The monoisotopic (exact) mass is 272 g/mol. The molecule has 0 aliphatic heterocycles. The minimum absolute atomic E-state index is 0.458. The van der Waals surface area contributed by atoms with E-state index in [9.17, 15) is 33.4 Å². The molecule has 0 aromatic rings. The van der Waals surface area contributed by atoms with Gasteiger partial charge in [-0.3, -0.25) is 20.2 Å². The van der Waals surface area contributed by atoms with E-state index < -0.39 is 43.9 Å². The van der Waals surface area contributed by atoms with Crippen LogP contribution in [0.4, 0.5) is 13.2 Å². The number of alkyl halides is 2. The lowest BCUT2D eigenvalue weighted by Crippen LogP contribution is -2.40. The van der Waals surface area contributed by atoms with Crippen molar-refractivity contribution in [1.29, 1.82) is 0 Å². The number of rotatable bonds is 2. The fraction of sp³-hybridized carbons (Fsp3) is 0.429. The van der Waals surface area contributed by atoms with Crippen LogP contribution in [0.2, 0.25) is 0 Å². The zero-order chi connectivity index (χ0) is 13.5. The maximum Gasteiger partial charge on any atom is 0.346 e. The summed E-state index contributed by atoms with van der Waals surface area (Å²) in [5, 5.41) is 18.5. The van der Waals surface area contributed by atoms with Gasteiger partial charge in [-0.25, -0.2) is 8.78 Å². The van der Waals surface area contributed by atoms with Crippen molar-refractivity contribution in [2.75, 3.05) is 0 Å². The second kappa shape index (κ2) is 3.99. The van der Waals surface area contributed by atoms with Crippen molar-refractivity contribution < 1.29 is 23.0 Å². The van der Waals surface area contributed by atoms with E-state index in [0.29, 0.717) is 6.92 Å². The Morgan fingerprint density at radius 2 is 1.76 bits per heavy atom. The smallest absolute Gasteiger partial charge is 0.258 e. The standard InChI is InChI=1S/C7H4ClF3N2O4/c1-7(11)5(8)3(12(14)15)2(9)4(6(7)10)13(16)17/h5H,1H3. The predicted octanol–water partition coefficient (Wildman–Crippen LogP) is 2.25. The molecule has 0 heterocycles. The quantitative estimate of drug-likeness (QED) is 0.438. The Kier molecular flexibility index (Phi) is 3.15. The molecule has 1 rings (SSSR count). The number of allylic oxidation sites excluding steroid dienone is 3. The molecular weight excluding hydrogens is 269 g/mol. The number of hydrogen-bond acceptors (Lipinski definition) is 4. The van der Waals surface area contributed by atoms with E-state index in [2.05, 4.69) is 0 Å². The molecular formula is C7H4ClF3N2O4. The van der Waals surface area contributed by atoms with Gasteiger partial charge in [-0.2, -0.15) is 4.39 Å². The molecule has 6 nitrogen and oxygen atoms in total. The highest BCUT2D eigenvalue weighted by molar-refractivity contribution is 6.23. The minimum Gasteiger partial charge on any atom is -0.258 e. The molecule has 1 aliphatic carbocycles. The molecule has 0 bridgehead atoms. The van der Waals surface area contributed by atoms with Crippen molar-refractivity contribution in [3.05, 3.63) is 43.3 Å². The maximum absolute atomic E-state index is 13.7. The first-order valence-electron chi connectivity index (χ1n) is 4.04. The molecule has 10 heteroatoms. The summed E-state index contributed by atoms with van der Waals surface area (Å²) < 4.78 is 40.3. The fourth-order valence-corrected chi connectivity index (χ4v) is 1.53. The number of nitro groups is 2. The highest BCUT2D eigenvalue weighted by Crippen LogP contribution is 2.44. The van der Waals surface area contributed by atoms with E-state index in [0.717, 1.165) is 0 Å². The van der Waals surface area contributed by atoms with Crippen LogP contribution >= 0.6 is 11.6 Å². The lowest BCUT2D eigenvalue weighted by molar-refractivity contribution is -0.446. The van der Waals surface area contributed by atoms with Gasteiger partial charge in [0.05, 0.1) is 9.85 Å². The molecule has 0 N–H and O–H groups in total. The van der Waals surface area contributed by atoms with Crippen molar-refractivity contribution in [3.8, 4) is 0 Å². The van der Waals surface area contributed by atoms with Crippen LogP contribution in [0.3, 0.4) is 0 Å². The third-order valence-electron chi connectivity index (χ3n) is 2.17. The molecule has 0 amide bonds. The summed E-state index contributed by atoms with van der Waals surface area (Å²) >= 11 is 5.22. The van der Waals surface area contributed by atoms with Gasteiger partial charge in [0.25, 0.3) is 5.83 Å². The van der Waals surface area contributed by atoms with E-state index in [4.69, 9.17) is 11.6 Å². The summed E-state index contributed by atoms with van der Waals surface area (Å²) in [7, 11) is 0. The van der Waals surface area contributed by atoms with Crippen molar-refractivity contribution in [2.24, 2.45) is 0 Å². The molecule has 0 spiro atoms. The Morgan fingerprint density at radius 1 is 1.29 bits per heavy atom. The van der Waals surface area contributed by atoms with Gasteiger partial charge in [-0.15, -0.1) is 11.6 Å². The van der Waals surface area contributed by atoms with Crippen molar-refractivity contribution >= 4 is 11.6 Å². The molecule has 2 atom stereocenters. The van der Waals surface area contributed by atoms with Gasteiger partial charge in [0.1, 0.15) is 0 Å². The molecule has 0 aromatic carbocycles. The van der Waals surface area contributed by atoms with Gasteiger partial charge in [0, 0.05) is 0 Å². The highest BCUT2D eigenvalue weighted by atomic mass is 35.5. The Bertz CT molecular complexity index is 474. The first-order valence-corrected chi connectivity index (χ1v) is 4.48. The maximum atomic E-state index is 13.7. The van der Waals surface area contributed by atoms with Crippen molar-refractivity contribution in [1.82, 2.24) is 0 Å². The summed E-state index contributed by atoms with van der Waals surface area (Å²) in [4.78, 5) is 17.8. The Hall–Kier alpha value is -1.64. The largest absolute Gasteiger partial charge is 0.346 e. The van der Waals surface area contributed by atoms with Crippen LogP contribution in [-0.4, -0.2) is 20.9 Å². The lowest BCUT2D eigenvalue weighted by atomic mass is 9.93. The van der Waals surface area contributed by atoms with Crippen LogP contribution in [0.15, 0.2) is 23.0 Å². The van der Waals surface area contributed by atoms with Gasteiger partial charge in [0.2, 0.25) is 5.83 Å². The van der Waals surface area contributed by atoms with Crippen LogP contribution in [0.1, 0.15) is 6.92 Å². The average Bonchev–Trinajstić information content (AvgIpc) is 2.14. The first-order chi connectivity index (χ1) is 7.62. The normalized spacial score (nSPS) is 29.6. The number of nitrogens with zero attached hydrogens (tertiary/aromatic N) is 2.